The number of amides is 1. The Morgan fingerprint density at radius 2 is 2.05 bits per heavy atom. The van der Waals surface area contributed by atoms with E-state index in [1.165, 1.54) is 6.08 Å². The van der Waals surface area contributed by atoms with Crippen molar-refractivity contribution in [1.82, 2.24) is 9.78 Å². The summed E-state index contributed by atoms with van der Waals surface area (Å²) < 4.78 is 1.73. The van der Waals surface area contributed by atoms with Crippen molar-refractivity contribution in [3.63, 3.8) is 0 Å². The lowest BCUT2D eigenvalue weighted by molar-refractivity contribution is -0.111. The van der Waals surface area contributed by atoms with E-state index < -0.39 is 0 Å². The Hall–Kier alpha value is -2.66. The van der Waals surface area contributed by atoms with E-state index in [1.807, 2.05) is 60.8 Å². The molecule has 1 N–H and O–H groups in total. The minimum Gasteiger partial charge on any atom is -0.307 e. The lowest BCUT2D eigenvalue weighted by Crippen LogP contribution is -2.12. The van der Waals surface area contributed by atoms with Gasteiger partial charge in [-0.2, -0.15) is 5.10 Å². The molecule has 0 saturated heterocycles. The summed E-state index contributed by atoms with van der Waals surface area (Å²) in [6, 6.07) is 15.5. The summed E-state index contributed by atoms with van der Waals surface area (Å²) in [5.74, 6) is 0.481. The largest absolute Gasteiger partial charge is 0.307 e. The van der Waals surface area contributed by atoms with Gasteiger partial charge < -0.3 is 5.32 Å². The van der Waals surface area contributed by atoms with Gasteiger partial charge in [-0.25, -0.2) is 4.68 Å². The molecule has 0 spiro atoms. The fraction of sp³-hybridized carbons (Fsp3) is 0.0588. The van der Waals surface area contributed by atoms with Crippen molar-refractivity contribution in [1.29, 1.82) is 0 Å². The first kappa shape index (κ1) is 14.3. The summed E-state index contributed by atoms with van der Waals surface area (Å²) in [6.07, 6.45) is 3.33. The Morgan fingerprint density at radius 1 is 1.23 bits per heavy atom. The second kappa shape index (κ2) is 6.41. The smallest absolute Gasteiger partial charge is 0.249 e. The molecule has 4 nitrogen and oxygen atoms in total. The molecule has 0 atom stereocenters. The van der Waals surface area contributed by atoms with E-state index >= 15 is 0 Å². The number of hydrogen-bond acceptors (Lipinski definition) is 3. The molecule has 22 heavy (non-hydrogen) atoms. The van der Waals surface area contributed by atoms with Crippen LogP contribution in [0.25, 0.3) is 11.8 Å². The molecule has 0 fully saturated rings. The Balaban J connectivity index is 1.79. The number of benzene rings is 1. The molecule has 0 bridgehead atoms. The van der Waals surface area contributed by atoms with Crippen LogP contribution in [-0.4, -0.2) is 15.7 Å². The van der Waals surface area contributed by atoms with Crippen LogP contribution in [0.3, 0.4) is 0 Å². The van der Waals surface area contributed by atoms with Crippen LogP contribution >= 0.6 is 11.3 Å². The summed E-state index contributed by atoms with van der Waals surface area (Å²) in [6.45, 7) is 1.90. The molecule has 110 valence electrons. The Bertz CT molecular complexity index is 789. The first-order valence-electron chi connectivity index (χ1n) is 6.87. The predicted molar refractivity (Wildman–Crippen MR) is 90.3 cm³/mol. The highest BCUT2D eigenvalue weighted by Gasteiger charge is 2.09. The van der Waals surface area contributed by atoms with Crippen LogP contribution in [0.15, 0.2) is 60.0 Å². The minimum atomic E-state index is -0.175. The zero-order valence-corrected chi connectivity index (χ0v) is 12.9. The quantitative estimate of drug-likeness (QED) is 0.743. The van der Waals surface area contributed by atoms with Gasteiger partial charge in [0.25, 0.3) is 0 Å². The fourth-order valence-corrected chi connectivity index (χ4v) is 2.68. The SMILES string of the molecule is Cc1cc(NC(=O)/C=C/c2cccs2)n(-c2ccccc2)n1. The molecule has 2 aromatic heterocycles. The van der Waals surface area contributed by atoms with E-state index in [2.05, 4.69) is 10.4 Å². The van der Waals surface area contributed by atoms with Crippen LogP contribution in [0.5, 0.6) is 0 Å². The van der Waals surface area contributed by atoms with Crippen LogP contribution in [-0.2, 0) is 4.79 Å². The van der Waals surface area contributed by atoms with Crippen molar-refractivity contribution in [3.8, 4) is 5.69 Å². The van der Waals surface area contributed by atoms with Gasteiger partial charge >= 0.3 is 0 Å². The Morgan fingerprint density at radius 3 is 2.77 bits per heavy atom. The number of anilines is 1. The number of nitrogens with zero attached hydrogens (tertiary/aromatic N) is 2. The van der Waals surface area contributed by atoms with Crippen LogP contribution in [0.2, 0.25) is 0 Å². The number of nitrogens with one attached hydrogen (secondary N) is 1. The molecule has 5 heteroatoms. The standard InChI is InChI=1S/C17H15N3OS/c1-13-12-16(20(19-13)14-6-3-2-4-7-14)18-17(21)10-9-15-8-5-11-22-15/h2-12H,1H3,(H,18,21)/b10-9+. The van der Waals surface area contributed by atoms with Crippen LogP contribution in [0.4, 0.5) is 5.82 Å². The topological polar surface area (TPSA) is 46.9 Å². The summed E-state index contributed by atoms with van der Waals surface area (Å²) >= 11 is 1.59. The van der Waals surface area contributed by atoms with Crippen molar-refractivity contribution >= 4 is 29.1 Å². The van der Waals surface area contributed by atoms with Crippen LogP contribution in [0.1, 0.15) is 10.6 Å². The van der Waals surface area contributed by atoms with E-state index in [0.717, 1.165) is 16.3 Å². The van der Waals surface area contributed by atoms with Gasteiger partial charge in [0.05, 0.1) is 11.4 Å². The predicted octanol–water partition coefficient (Wildman–Crippen LogP) is 3.89. The highest BCUT2D eigenvalue weighted by atomic mass is 32.1. The summed E-state index contributed by atoms with van der Waals surface area (Å²) in [5, 5.41) is 9.27. The molecule has 0 aliphatic heterocycles. The number of para-hydroxylation sites is 1. The Labute approximate surface area is 132 Å². The summed E-state index contributed by atoms with van der Waals surface area (Å²) in [4.78, 5) is 13.1. The van der Waals surface area contributed by atoms with Gasteiger partial charge in [-0.15, -0.1) is 11.3 Å². The molecule has 0 aliphatic rings. The van der Waals surface area contributed by atoms with Crippen molar-refractivity contribution in [3.05, 3.63) is 70.6 Å². The van der Waals surface area contributed by atoms with Gasteiger partial charge in [-0.3, -0.25) is 4.79 Å². The highest BCUT2D eigenvalue weighted by molar-refractivity contribution is 7.10. The van der Waals surface area contributed by atoms with Crippen LogP contribution in [0, 0.1) is 6.92 Å². The van der Waals surface area contributed by atoms with Gasteiger partial charge in [0, 0.05) is 17.0 Å². The maximum Gasteiger partial charge on any atom is 0.249 e. The normalized spacial score (nSPS) is 11.0. The average molecular weight is 309 g/mol. The summed E-state index contributed by atoms with van der Waals surface area (Å²) in [5.41, 5.74) is 1.76. The van der Waals surface area contributed by atoms with Gasteiger partial charge in [-0.1, -0.05) is 24.3 Å². The molecule has 2 heterocycles. The van der Waals surface area contributed by atoms with Gasteiger partial charge in [0.1, 0.15) is 5.82 Å². The molecule has 0 saturated carbocycles. The maximum atomic E-state index is 12.1. The lowest BCUT2D eigenvalue weighted by Gasteiger charge is -2.07. The lowest BCUT2D eigenvalue weighted by atomic mass is 10.3. The average Bonchev–Trinajstić information content (AvgIpc) is 3.16. The Kier molecular flexibility index (Phi) is 4.16. The first-order valence-corrected chi connectivity index (χ1v) is 7.75. The minimum absolute atomic E-state index is 0.175. The van der Waals surface area contributed by atoms with E-state index in [1.54, 1.807) is 22.1 Å². The molecule has 3 aromatic rings. The molecule has 0 radical (unpaired) electrons. The number of thiophene rings is 1. The van der Waals surface area contributed by atoms with E-state index in [-0.39, 0.29) is 5.91 Å². The van der Waals surface area contributed by atoms with Crippen molar-refractivity contribution in [2.24, 2.45) is 0 Å². The zero-order chi connectivity index (χ0) is 15.4. The number of rotatable bonds is 4. The monoisotopic (exact) mass is 309 g/mol. The summed E-state index contributed by atoms with van der Waals surface area (Å²) in [7, 11) is 0. The van der Waals surface area contributed by atoms with Crippen LogP contribution < -0.4 is 5.32 Å². The highest BCUT2D eigenvalue weighted by Crippen LogP contribution is 2.17. The molecule has 3 rings (SSSR count). The van der Waals surface area contributed by atoms with E-state index in [9.17, 15) is 4.79 Å². The fourth-order valence-electron chi connectivity index (χ4n) is 2.07. The number of aromatic nitrogens is 2. The molecule has 0 unspecified atom stereocenters. The number of aryl methyl sites for hydroxylation is 1. The van der Waals surface area contributed by atoms with E-state index in [0.29, 0.717) is 5.82 Å². The van der Waals surface area contributed by atoms with Crippen molar-refractivity contribution in [2.75, 3.05) is 5.32 Å². The van der Waals surface area contributed by atoms with Gasteiger partial charge in [0.15, 0.2) is 0 Å². The molecule has 1 aromatic carbocycles. The second-order valence-corrected chi connectivity index (χ2v) is 5.74. The molecular weight excluding hydrogens is 294 g/mol. The first-order chi connectivity index (χ1) is 10.7. The van der Waals surface area contributed by atoms with Crippen molar-refractivity contribution in [2.45, 2.75) is 6.92 Å². The van der Waals surface area contributed by atoms with Gasteiger partial charge in [-0.05, 0) is 36.6 Å². The third-order valence-electron chi connectivity index (χ3n) is 3.03. The van der Waals surface area contributed by atoms with Gasteiger partial charge in [0.2, 0.25) is 5.91 Å². The third kappa shape index (κ3) is 3.32. The number of carbonyl (C=O) groups is 1. The number of carbonyl (C=O) groups excluding carboxylic acids is 1. The molecular formula is C17H15N3OS. The maximum absolute atomic E-state index is 12.1. The molecule has 0 aliphatic carbocycles. The zero-order valence-electron chi connectivity index (χ0n) is 12.1. The molecule has 1 amide bonds. The third-order valence-corrected chi connectivity index (χ3v) is 3.86. The number of hydrogen-bond donors (Lipinski definition) is 1. The van der Waals surface area contributed by atoms with Crippen molar-refractivity contribution < 1.29 is 4.79 Å². The second-order valence-electron chi connectivity index (χ2n) is 4.76. The van der Waals surface area contributed by atoms with E-state index in [4.69, 9.17) is 0 Å².